The van der Waals surface area contributed by atoms with Crippen LogP contribution in [0.1, 0.15) is 31.7 Å². The van der Waals surface area contributed by atoms with Gasteiger partial charge in [-0.2, -0.15) is 11.3 Å². The molecule has 2 amide bonds. The first-order chi connectivity index (χ1) is 13.5. The summed E-state index contributed by atoms with van der Waals surface area (Å²) < 4.78 is 5.59. The van der Waals surface area contributed by atoms with Gasteiger partial charge in [-0.25, -0.2) is 0 Å². The van der Waals surface area contributed by atoms with Gasteiger partial charge in [-0.3, -0.25) is 9.59 Å². The Labute approximate surface area is 167 Å². The third-order valence-corrected chi connectivity index (χ3v) is 4.90. The summed E-state index contributed by atoms with van der Waals surface area (Å²) in [7, 11) is 0. The molecule has 0 bridgehead atoms. The van der Waals surface area contributed by atoms with Crippen molar-refractivity contribution in [3.05, 3.63) is 52.5 Å². The van der Waals surface area contributed by atoms with Gasteiger partial charge in [-0.1, -0.05) is 12.1 Å². The van der Waals surface area contributed by atoms with Crippen LogP contribution in [-0.2, 0) is 22.6 Å². The van der Waals surface area contributed by atoms with Gasteiger partial charge in [0.1, 0.15) is 0 Å². The number of nitrogens with zero attached hydrogens (tertiary/aromatic N) is 3. The molecule has 8 heteroatoms. The van der Waals surface area contributed by atoms with Gasteiger partial charge in [0.25, 0.3) is 0 Å². The van der Waals surface area contributed by atoms with Crippen LogP contribution >= 0.6 is 11.3 Å². The van der Waals surface area contributed by atoms with Gasteiger partial charge < -0.3 is 14.6 Å². The zero-order valence-corrected chi connectivity index (χ0v) is 16.7. The molecule has 0 aliphatic heterocycles. The minimum atomic E-state index is -0.133. The van der Waals surface area contributed by atoms with Gasteiger partial charge in [0.15, 0.2) is 0 Å². The molecule has 2 heterocycles. The molecule has 1 aromatic carbocycles. The second kappa shape index (κ2) is 9.27. The van der Waals surface area contributed by atoms with E-state index in [0.717, 1.165) is 11.1 Å². The van der Waals surface area contributed by atoms with Gasteiger partial charge in [0.2, 0.25) is 23.6 Å². The first kappa shape index (κ1) is 19.8. The molecular weight excluding hydrogens is 376 g/mol. The molecule has 146 valence electrons. The maximum Gasteiger partial charge on any atom is 0.248 e. The van der Waals surface area contributed by atoms with Crippen LogP contribution in [0.3, 0.4) is 0 Å². The fraction of sp³-hybridized carbons (Fsp3) is 0.300. The van der Waals surface area contributed by atoms with E-state index in [1.165, 1.54) is 0 Å². The fourth-order valence-electron chi connectivity index (χ4n) is 2.72. The lowest BCUT2D eigenvalue weighted by Gasteiger charge is -2.19. The van der Waals surface area contributed by atoms with E-state index in [-0.39, 0.29) is 18.2 Å². The Balaban J connectivity index is 1.53. The summed E-state index contributed by atoms with van der Waals surface area (Å²) in [5.74, 6) is 0.796. The third kappa shape index (κ3) is 5.26. The average Bonchev–Trinajstić information content (AvgIpc) is 3.36. The third-order valence-electron chi connectivity index (χ3n) is 4.21. The first-order valence-corrected chi connectivity index (χ1v) is 9.98. The highest BCUT2D eigenvalue weighted by Gasteiger charge is 2.12. The lowest BCUT2D eigenvalue weighted by molar-refractivity contribution is -0.129. The van der Waals surface area contributed by atoms with Gasteiger partial charge in [-0.15, -0.1) is 10.2 Å². The molecule has 0 spiro atoms. The van der Waals surface area contributed by atoms with Crippen LogP contribution in [0.2, 0.25) is 0 Å². The SMILES string of the molecule is CCN(Cc1cccc(NC(=O)CCc2nnc(-c3ccsc3)o2)c1)C(C)=O. The Morgan fingerprint density at radius 2 is 2.11 bits per heavy atom. The quantitative estimate of drug-likeness (QED) is 0.624. The lowest BCUT2D eigenvalue weighted by atomic mass is 10.1. The maximum atomic E-state index is 12.3. The highest BCUT2D eigenvalue weighted by Crippen LogP contribution is 2.21. The predicted octanol–water partition coefficient (Wildman–Crippen LogP) is 3.74. The van der Waals surface area contributed by atoms with Gasteiger partial charge in [0.05, 0.1) is 0 Å². The summed E-state index contributed by atoms with van der Waals surface area (Å²) in [5.41, 5.74) is 2.55. The van der Waals surface area contributed by atoms with E-state index in [9.17, 15) is 9.59 Å². The molecule has 2 aromatic heterocycles. The summed E-state index contributed by atoms with van der Waals surface area (Å²) in [6, 6.07) is 9.42. The second-order valence-corrected chi connectivity index (χ2v) is 7.07. The smallest absolute Gasteiger partial charge is 0.248 e. The van der Waals surface area contributed by atoms with Crippen molar-refractivity contribution in [2.45, 2.75) is 33.2 Å². The average molecular weight is 398 g/mol. The number of benzene rings is 1. The van der Waals surface area contributed by atoms with Crippen LogP contribution in [0.5, 0.6) is 0 Å². The van der Waals surface area contributed by atoms with Gasteiger partial charge in [0, 0.05) is 49.5 Å². The number of nitrogens with one attached hydrogen (secondary N) is 1. The van der Waals surface area contributed by atoms with E-state index in [1.54, 1.807) is 23.2 Å². The molecule has 7 nitrogen and oxygen atoms in total. The molecule has 0 unspecified atom stereocenters. The Kier molecular flexibility index (Phi) is 6.54. The predicted molar refractivity (Wildman–Crippen MR) is 108 cm³/mol. The molecule has 0 aliphatic rings. The largest absolute Gasteiger partial charge is 0.421 e. The van der Waals surface area contributed by atoms with Crippen molar-refractivity contribution in [2.24, 2.45) is 0 Å². The van der Waals surface area contributed by atoms with E-state index >= 15 is 0 Å². The molecule has 1 N–H and O–H groups in total. The highest BCUT2D eigenvalue weighted by atomic mass is 32.1. The van der Waals surface area contributed by atoms with Crippen molar-refractivity contribution < 1.29 is 14.0 Å². The highest BCUT2D eigenvalue weighted by molar-refractivity contribution is 7.08. The topological polar surface area (TPSA) is 88.3 Å². The molecule has 0 aliphatic carbocycles. The lowest BCUT2D eigenvalue weighted by Crippen LogP contribution is -2.27. The number of rotatable bonds is 8. The normalized spacial score (nSPS) is 10.6. The molecule has 3 rings (SSSR count). The summed E-state index contributed by atoms with van der Waals surface area (Å²) >= 11 is 1.56. The van der Waals surface area contributed by atoms with E-state index in [0.29, 0.717) is 37.0 Å². The van der Waals surface area contributed by atoms with Crippen LogP contribution in [0, 0.1) is 0 Å². The molecule has 0 saturated heterocycles. The Bertz CT molecular complexity index is 937. The van der Waals surface area contributed by atoms with E-state index in [2.05, 4.69) is 15.5 Å². The van der Waals surface area contributed by atoms with Crippen molar-refractivity contribution in [1.29, 1.82) is 0 Å². The van der Waals surface area contributed by atoms with Crippen molar-refractivity contribution in [3.8, 4) is 11.5 Å². The van der Waals surface area contributed by atoms with Crippen LogP contribution in [0.15, 0.2) is 45.5 Å². The number of thiophene rings is 1. The minimum Gasteiger partial charge on any atom is -0.421 e. The fourth-order valence-corrected chi connectivity index (χ4v) is 3.34. The Hall–Kier alpha value is -3.00. The van der Waals surface area contributed by atoms with Crippen molar-refractivity contribution in [2.75, 3.05) is 11.9 Å². The number of aryl methyl sites for hydroxylation is 1. The van der Waals surface area contributed by atoms with E-state index < -0.39 is 0 Å². The minimum absolute atomic E-state index is 0.0262. The number of amides is 2. The number of anilines is 1. The number of aromatic nitrogens is 2. The Morgan fingerprint density at radius 3 is 2.82 bits per heavy atom. The van der Waals surface area contributed by atoms with E-state index in [4.69, 9.17) is 4.42 Å². The number of hydrogen-bond donors (Lipinski definition) is 1. The van der Waals surface area contributed by atoms with E-state index in [1.807, 2.05) is 48.0 Å². The molecule has 0 atom stereocenters. The monoisotopic (exact) mass is 398 g/mol. The second-order valence-electron chi connectivity index (χ2n) is 6.29. The molecule has 0 radical (unpaired) electrons. The summed E-state index contributed by atoms with van der Waals surface area (Å²) in [6.07, 6.45) is 0.612. The number of carbonyl (C=O) groups excluding carboxylic acids is 2. The standard InChI is InChI=1S/C20H22N4O3S/c1-3-24(14(2)25)12-15-5-4-6-17(11-15)21-18(26)7-8-19-22-23-20(27-19)16-9-10-28-13-16/h4-6,9-11,13H,3,7-8,12H2,1-2H3,(H,21,26). The van der Waals surface area contributed by atoms with Crippen LogP contribution in [0.25, 0.3) is 11.5 Å². The zero-order valence-electron chi connectivity index (χ0n) is 15.8. The van der Waals surface area contributed by atoms with Crippen molar-refractivity contribution in [3.63, 3.8) is 0 Å². The maximum absolute atomic E-state index is 12.3. The van der Waals surface area contributed by atoms with Crippen LogP contribution in [-0.4, -0.2) is 33.5 Å². The number of carbonyl (C=O) groups is 2. The molecular formula is C20H22N4O3S. The molecule has 28 heavy (non-hydrogen) atoms. The Morgan fingerprint density at radius 1 is 1.25 bits per heavy atom. The zero-order chi connectivity index (χ0) is 19.9. The number of hydrogen-bond acceptors (Lipinski definition) is 6. The van der Waals surface area contributed by atoms with Crippen molar-refractivity contribution in [1.82, 2.24) is 15.1 Å². The first-order valence-electron chi connectivity index (χ1n) is 9.04. The summed E-state index contributed by atoms with van der Waals surface area (Å²) in [5, 5.41) is 14.8. The molecule has 3 aromatic rings. The molecule has 0 saturated carbocycles. The van der Waals surface area contributed by atoms with Crippen LogP contribution in [0.4, 0.5) is 5.69 Å². The van der Waals surface area contributed by atoms with Crippen molar-refractivity contribution >= 4 is 28.8 Å². The summed E-state index contributed by atoms with van der Waals surface area (Å²) in [4.78, 5) is 25.6. The summed E-state index contributed by atoms with van der Waals surface area (Å²) in [6.45, 7) is 4.65. The van der Waals surface area contributed by atoms with Gasteiger partial charge in [-0.05, 0) is 36.1 Å². The molecule has 0 fully saturated rings. The van der Waals surface area contributed by atoms with Gasteiger partial charge >= 0.3 is 0 Å². The van der Waals surface area contributed by atoms with Crippen LogP contribution < -0.4 is 5.32 Å².